The average molecular weight is 366 g/mol. The van der Waals surface area contributed by atoms with Crippen molar-refractivity contribution in [2.75, 3.05) is 21.3 Å². The third-order valence-corrected chi connectivity index (χ3v) is 4.77. The topological polar surface area (TPSA) is 119 Å². The molecule has 1 aromatic carbocycles. The molecular formula is C18H22O8. The van der Waals surface area contributed by atoms with Crippen LogP contribution in [-0.2, 0) is 23.9 Å². The molecule has 1 aliphatic carbocycles. The Hall–Kier alpha value is -2.61. The van der Waals surface area contributed by atoms with Gasteiger partial charge in [0.05, 0.1) is 32.8 Å². The fourth-order valence-electron chi connectivity index (χ4n) is 3.57. The summed E-state index contributed by atoms with van der Waals surface area (Å²) >= 11 is 0. The molecule has 26 heavy (non-hydrogen) atoms. The van der Waals surface area contributed by atoms with Crippen LogP contribution in [0.15, 0.2) is 18.2 Å². The van der Waals surface area contributed by atoms with Gasteiger partial charge in [-0.15, -0.1) is 0 Å². The maximum atomic E-state index is 12.6. The summed E-state index contributed by atoms with van der Waals surface area (Å²) in [6, 6.07) is 4.20. The van der Waals surface area contributed by atoms with Crippen molar-refractivity contribution in [3.05, 3.63) is 23.8 Å². The summed E-state index contributed by atoms with van der Waals surface area (Å²) < 4.78 is 14.6. The first-order chi connectivity index (χ1) is 12.2. The van der Waals surface area contributed by atoms with Crippen LogP contribution in [0.5, 0.6) is 11.5 Å². The molecule has 1 aromatic rings. The van der Waals surface area contributed by atoms with Gasteiger partial charge in [0.1, 0.15) is 5.92 Å². The number of methoxy groups -OCH3 is 3. The van der Waals surface area contributed by atoms with Crippen LogP contribution >= 0.6 is 0 Å². The number of benzene rings is 1. The number of ketones is 1. The lowest BCUT2D eigenvalue weighted by Crippen LogP contribution is -2.55. The molecule has 1 fully saturated rings. The van der Waals surface area contributed by atoms with E-state index >= 15 is 0 Å². The number of hydrogen-bond donors (Lipinski definition) is 2. The van der Waals surface area contributed by atoms with Crippen LogP contribution in [0.4, 0.5) is 0 Å². The van der Waals surface area contributed by atoms with E-state index in [0.29, 0.717) is 5.56 Å². The summed E-state index contributed by atoms with van der Waals surface area (Å²) in [6.45, 7) is 1.35. The fourth-order valence-corrected chi connectivity index (χ4v) is 3.57. The number of phenolic OH excluding ortho intramolecular Hbond substituents is 1. The molecule has 0 spiro atoms. The summed E-state index contributed by atoms with van der Waals surface area (Å²) in [4.78, 5) is 37.3. The summed E-state index contributed by atoms with van der Waals surface area (Å²) in [5.74, 6) is -5.67. The van der Waals surface area contributed by atoms with E-state index in [1.54, 1.807) is 0 Å². The Morgan fingerprint density at radius 2 is 1.77 bits per heavy atom. The van der Waals surface area contributed by atoms with Crippen LogP contribution in [0, 0.1) is 11.8 Å². The number of Topliss-reactive ketones (excluding diaryl/α,β-unsaturated/α-hetero) is 1. The van der Waals surface area contributed by atoms with Crippen molar-refractivity contribution < 1.29 is 38.8 Å². The number of carbonyl (C=O) groups is 3. The fraction of sp³-hybridized carbons (Fsp3) is 0.500. The number of rotatable bonds is 4. The van der Waals surface area contributed by atoms with Crippen LogP contribution in [0.3, 0.4) is 0 Å². The third-order valence-electron chi connectivity index (χ3n) is 4.77. The first kappa shape index (κ1) is 19.7. The number of carbonyl (C=O) groups excluding carboxylic acids is 3. The van der Waals surface area contributed by atoms with Crippen molar-refractivity contribution in [1.82, 2.24) is 0 Å². The number of aromatic hydroxyl groups is 1. The van der Waals surface area contributed by atoms with E-state index < -0.39 is 47.5 Å². The monoisotopic (exact) mass is 366 g/mol. The van der Waals surface area contributed by atoms with Gasteiger partial charge in [0.15, 0.2) is 17.3 Å². The minimum absolute atomic E-state index is 0.104. The lowest BCUT2D eigenvalue weighted by atomic mass is 9.61. The maximum absolute atomic E-state index is 12.6. The van der Waals surface area contributed by atoms with Gasteiger partial charge in [0.25, 0.3) is 0 Å². The SMILES string of the molecule is COC(=O)[C@H]1C(=O)C[C@@](C)(O)[C@@H](C(=O)OC)[C@@H]1c1ccc(O)c(OC)c1. The molecule has 0 heterocycles. The van der Waals surface area contributed by atoms with Crippen molar-refractivity contribution >= 4 is 17.7 Å². The molecule has 0 unspecified atom stereocenters. The van der Waals surface area contributed by atoms with E-state index in [1.165, 1.54) is 32.2 Å². The van der Waals surface area contributed by atoms with Gasteiger partial charge in [-0.05, 0) is 24.6 Å². The summed E-state index contributed by atoms with van der Waals surface area (Å²) in [6.07, 6.45) is -0.391. The normalized spacial score (nSPS) is 28.3. The zero-order valence-corrected chi connectivity index (χ0v) is 15.0. The van der Waals surface area contributed by atoms with Gasteiger partial charge >= 0.3 is 11.9 Å². The van der Waals surface area contributed by atoms with Gasteiger partial charge in [-0.25, -0.2) is 0 Å². The highest BCUT2D eigenvalue weighted by molar-refractivity contribution is 6.02. The Morgan fingerprint density at radius 1 is 1.15 bits per heavy atom. The van der Waals surface area contributed by atoms with E-state index in [4.69, 9.17) is 14.2 Å². The lowest BCUT2D eigenvalue weighted by molar-refractivity contribution is -0.170. The Kier molecular flexibility index (Phi) is 5.56. The first-order valence-electron chi connectivity index (χ1n) is 7.95. The van der Waals surface area contributed by atoms with Gasteiger partial charge in [-0.2, -0.15) is 0 Å². The molecule has 0 bridgehead atoms. The molecule has 4 atom stereocenters. The number of esters is 2. The average Bonchev–Trinajstić information content (AvgIpc) is 2.59. The van der Waals surface area contributed by atoms with Crippen molar-refractivity contribution in [2.24, 2.45) is 11.8 Å². The largest absolute Gasteiger partial charge is 0.504 e. The van der Waals surface area contributed by atoms with Crippen LogP contribution in [0.1, 0.15) is 24.8 Å². The van der Waals surface area contributed by atoms with Gasteiger partial charge in [-0.3, -0.25) is 14.4 Å². The Labute approximate surface area is 150 Å². The highest BCUT2D eigenvalue weighted by Crippen LogP contribution is 2.47. The molecule has 0 aromatic heterocycles. The van der Waals surface area contributed by atoms with E-state index in [2.05, 4.69) is 0 Å². The summed E-state index contributed by atoms with van der Waals surface area (Å²) in [5, 5.41) is 20.5. The van der Waals surface area contributed by atoms with Gasteiger partial charge < -0.3 is 24.4 Å². The van der Waals surface area contributed by atoms with Gasteiger partial charge in [-0.1, -0.05) is 6.07 Å². The van der Waals surface area contributed by atoms with E-state index in [1.807, 2.05) is 0 Å². The predicted molar refractivity (Wildman–Crippen MR) is 88.7 cm³/mol. The van der Waals surface area contributed by atoms with Gasteiger partial charge in [0, 0.05) is 12.3 Å². The molecular weight excluding hydrogens is 344 g/mol. The standard InChI is InChI=1S/C18H22O8/c1-18(23)8-11(20)14(16(21)25-3)13(15(18)17(22)26-4)9-5-6-10(19)12(7-9)24-2/h5-7,13-15,19,23H,8H2,1-4H3/t13-,14+,15-,18-/m1/s1. The predicted octanol–water partition coefficient (Wildman–Crippen LogP) is 0.787. The van der Waals surface area contributed by atoms with Gasteiger partial charge in [0.2, 0.25) is 0 Å². The molecule has 2 rings (SSSR count). The summed E-state index contributed by atoms with van der Waals surface area (Å²) in [7, 11) is 3.65. The molecule has 8 heteroatoms. The molecule has 1 aliphatic rings. The second kappa shape index (κ2) is 7.33. The second-order valence-corrected chi connectivity index (χ2v) is 6.46. The number of hydrogen-bond acceptors (Lipinski definition) is 8. The number of phenols is 1. The Morgan fingerprint density at radius 3 is 2.31 bits per heavy atom. The number of aliphatic hydroxyl groups is 1. The minimum Gasteiger partial charge on any atom is -0.504 e. The van der Waals surface area contributed by atoms with Crippen LogP contribution in [0.2, 0.25) is 0 Å². The minimum atomic E-state index is -1.72. The molecule has 0 radical (unpaired) electrons. The van der Waals surface area contributed by atoms with E-state index in [0.717, 1.165) is 14.2 Å². The van der Waals surface area contributed by atoms with Crippen LogP contribution in [0.25, 0.3) is 0 Å². The molecule has 0 saturated heterocycles. The Balaban J connectivity index is 2.69. The summed E-state index contributed by atoms with van der Waals surface area (Å²) in [5.41, 5.74) is -1.36. The second-order valence-electron chi connectivity index (χ2n) is 6.46. The molecule has 2 N–H and O–H groups in total. The third kappa shape index (κ3) is 3.37. The van der Waals surface area contributed by atoms with Crippen LogP contribution < -0.4 is 4.74 Å². The lowest BCUT2D eigenvalue weighted by Gasteiger charge is -2.43. The first-order valence-corrected chi connectivity index (χ1v) is 7.95. The van der Waals surface area contributed by atoms with Crippen molar-refractivity contribution in [3.8, 4) is 11.5 Å². The van der Waals surface area contributed by atoms with Crippen LogP contribution in [-0.4, -0.2) is 54.9 Å². The maximum Gasteiger partial charge on any atom is 0.316 e. The molecule has 142 valence electrons. The molecule has 0 aliphatic heterocycles. The van der Waals surface area contributed by atoms with Crippen molar-refractivity contribution in [2.45, 2.75) is 24.9 Å². The van der Waals surface area contributed by atoms with E-state index in [9.17, 15) is 24.6 Å². The Bertz CT molecular complexity index is 724. The highest BCUT2D eigenvalue weighted by Gasteiger charge is 2.57. The molecule has 1 saturated carbocycles. The zero-order chi connectivity index (χ0) is 19.6. The highest BCUT2D eigenvalue weighted by atomic mass is 16.5. The quantitative estimate of drug-likeness (QED) is 0.593. The smallest absolute Gasteiger partial charge is 0.316 e. The number of ether oxygens (including phenoxy) is 3. The zero-order valence-electron chi connectivity index (χ0n) is 15.0. The molecule has 8 nitrogen and oxygen atoms in total. The van der Waals surface area contributed by atoms with Crippen molar-refractivity contribution in [1.29, 1.82) is 0 Å². The van der Waals surface area contributed by atoms with E-state index in [-0.39, 0.29) is 11.5 Å². The van der Waals surface area contributed by atoms with Crippen molar-refractivity contribution in [3.63, 3.8) is 0 Å². The molecule has 0 amide bonds.